The molecular weight excluding hydrogens is 212 g/mol. The van der Waals surface area contributed by atoms with Crippen molar-refractivity contribution in [3.8, 4) is 0 Å². The van der Waals surface area contributed by atoms with E-state index in [0.717, 1.165) is 6.42 Å². The van der Waals surface area contributed by atoms with E-state index in [0.29, 0.717) is 18.6 Å². The first kappa shape index (κ1) is 13.0. The summed E-state index contributed by atoms with van der Waals surface area (Å²) < 4.78 is 9.89. The van der Waals surface area contributed by atoms with Crippen LogP contribution in [0.2, 0.25) is 0 Å². The normalized spacial score (nSPS) is 24.4. The van der Waals surface area contributed by atoms with E-state index in [1.54, 1.807) is 0 Å². The second kappa shape index (κ2) is 5.86. The highest BCUT2D eigenvalue weighted by Crippen LogP contribution is 2.21. The van der Waals surface area contributed by atoms with Crippen molar-refractivity contribution in [3.05, 3.63) is 11.8 Å². The van der Waals surface area contributed by atoms with E-state index in [4.69, 9.17) is 9.47 Å². The summed E-state index contributed by atoms with van der Waals surface area (Å²) in [6.07, 6.45) is 0.1000. The highest BCUT2D eigenvalue weighted by Gasteiger charge is 2.32. The van der Waals surface area contributed by atoms with Crippen LogP contribution in [0, 0.1) is 0 Å². The highest BCUT2D eigenvalue weighted by molar-refractivity contribution is 5.83. The maximum atomic E-state index is 11.2. The molecule has 0 spiro atoms. The number of aliphatic hydroxyl groups is 2. The van der Waals surface area contributed by atoms with E-state index in [9.17, 15) is 15.0 Å². The van der Waals surface area contributed by atoms with Crippen LogP contribution in [0.4, 0.5) is 0 Å². The Morgan fingerprint density at radius 1 is 1.62 bits per heavy atom. The molecule has 2 N–H and O–H groups in total. The minimum Gasteiger partial charge on any atom is -0.501 e. The largest absolute Gasteiger partial charge is 0.501 e. The van der Waals surface area contributed by atoms with Crippen molar-refractivity contribution in [1.82, 2.24) is 0 Å². The highest BCUT2D eigenvalue weighted by atomic mass is 16.6. The zero-order chi connectivity index (χ0) is 12.1. The number of cyclic esters (lactones) is 1. The van der Waals surface area contributed by atoms with Crippen LogP contribution in [-0.2, 0) is 14.3 Å². The Bertz CT molecular complexity index is 274. The number of hydrogen-bond acceptors (Lipinski definition) is 5. The lowest BCUT2D eigenvalue weighted by Crippen LogP contribution is -2.41. The van der Waals surface area contributed by atoms with Crippen LogP contribution in [0.25, 0.3) is 0 Å². The van der Waals surface area contributed by atoms with Gasteiger partial charge >= 0.3 is 5.97 Å². The number of aliphatic hydroxyl groups excluding tert-OH is 2. The van der Waals surface area contributed by atoms with E-state index in [2.05, 4.69) is 0 Å². The van der Waals surface area contributed by atoms with Gasteiger partial charge in [-0.15, -0.1) is 0 Å². The van der Waals surface area contributed by atoms with Gasteiger partial charge in [0.15, 0.2) is 0 Å². The van der Waals surface area contributed by atoms with Crippen molar-refractivity contribution < 1.29 is 24.5 Å². The number of esters is 1. The molecule has 5 nitrogen and oxygen atoms in total. The predicted molar refractivity (Wildman–Crippen MR) is 56.5 cm³/mol. The van der Waals surface area contributed by atoms with Crippen molar-refractivity contribution in [2.45, 2.75) is 44.5 Å². The van der Waals surface area contributed by atoms with Gasteiger partial charge in [0.05, 0.1) is 19.3 Å². The first-order chi connectivity index (χ1) is 7.58. The fraction of sp³-hybridized carbons (Fsp3) is 0.727. The van der Waals surface area contributed by atoms with Gasteiger partial charge in [-0.05, 0) is 6.42 Å². The number of hydrogen-bond donors (Lipinski definition) is 2. The van der Waals surface area contributed by atoms with Crippen LogP contribution < -0.4 is 0 Å². The average molecular weight is 230 g/mol. The third-order valence-electron chi connectivity index (χ3n) is 2.57. The molecule has 1 aliphatic rings. The molecule has 16 heavy (non-hydrogen) atoms. The summed E-state index contributed by atoms with van der Waals surface area (Å²) in [6.45, 7) is 1.91. The van der Waals surface area contributed by atoms with Crippen LogP contribution in [0.15, 0.2) is 11.8 Å². The molecule has 0 bridgehead atoms. The summed E-state index contributed by atoms with van der Waals surface area (Å²) >= 11 is 0. The molecule has 0 aromatic rings. The molecule has 92 valence electrons. The number of carbonyl (C=O) groups is 1. The van der Waals surface area contributed by atoms with Crippen molar-refractivity contribution in [3.63, 3.8) is 0 Å². The van der Waals surface area contributed by atoms with Gasteiger partial charge in [-0.1, -0.05) is 13.3 Å². The molecule has 0 saturated carbocycles. The fourth-order valence-corrected chi connectivity index (χ4v) is 1.66. The smallest absolute Gasteiger partial charge is 0.334 e. The minimum absolute atomic E-state index is 0.296. The molecule has 1 heterocycles. The van der Waals surface area contributed by atoms with Gasteiger partial charge in [-0.3, -0.25) is 0 Å². The molecule has 1 rings (SSSR count). The lowest BCUT2D eigenvalue weighted by atomic mass is 9.99. The Labute approximate surface area is 94.7 Å². The first-order valence-corrected chi connectivity index (χ1v) is 5.39. The molecular formula is C11H18O5. The molecule has 0 fully saturated rings. The van der Waals surface area contributed by atoms with E-state index in [-0.39, 0.29) is 0 Å². The van der Waals surface area contributed by atoms with Crippen molar-refractivity contribution >= 4 is 5.97 Å². The Morgan fingerprint density at radius 3 is 2.88 bits per heavy atom. The van der Waals surface area contributed by atoms with Crippen LogP contribution in [0.3, 0.4) is 0 Å². The summed E-state index contributed by atoms with van der Waals surface area (Å²) in [5.41, 5.74) is 0. The van der Waals surface area contributed by atoms with Gasteiger partial charge in [0.1, 0.15) is 18.0 Å². The second-order valence-electron chi connectivity index (χ2n) is 3.84. The number of rotatable bonds is 5. The summed E-state index contributed by atoms with van der Waals surface area (Å²) in [5, 5.41) is 19.4. The molecule has 1 aliphatic heterocycles. The summed E-state index contributed by atoms with van der Waals surface area (Å²) in [6, 6.07) is 0. The Morgan fingerprint density at radius 2 is 2.31 bits per heavy atom. The third kappa shape index (κ3) is 3.21. The SMILES string of the molecule is CCC[C@@H](O)[C@@H](O)[C@H]1CC(OC)=CC(=O)O1. The minimum atomic E-state index is -1.07. The van der Waals surface area contributed by atoms with Crippen molar-refractivity contribution in [2.24, 2.45) is 0 Å². The predicted octanol–water partition coefficient (Wildman–Crippen LogP) is 0.354. The standard InChI is InChI=1S/C11H18O5/c1-3-4-8(12)11(14)9-5-7(15-2)6-10(13)16-9/h6,8-9,11-12,14H,3-5H2,1-2H3/t8-,9-,11-/m1/s1. The number of ether oxygens (including phenoxy) is 2. The topological polar surface area (TPSA) is 76.0 Å². The Balaban J connectivity index is 2.61. The molecule has 5 heteroatoms. The third-order valence-corrected chi connectivity index (χ3v) is 2.57. The summed E-state index contributed by atoms with van der Waals surface area (Å²) in [5.74, 6) is -0.0835. The molecule has 0 aromatic heterocycles. The lowest BCUT2D eigenvalue weighted by molar-refractivity contribution is -0.157. The van der Waals surface area contributed by atoms with Gasteiger partial charge in [0, 0.05) is 6.42 Å². The summed E-state index contributed by atoms with van der Waals surface area (Å²) in [7, 11) is 1.45. The van der Waals surface area contributed by atoms with E-state index < -0.39 is 24.3 Å². The van der Waals surface area contributed by atoms with Gasteiger partial charge in [-0.2, -0.15) is 0 Å². The molecule has 0 aliphatic carbocycles. The van der Waals surface area contributed by atoms with Crippen molar-refractivity contribution in [1.29, 1.82) is 0 Å². The number of methoxy groups -OCH3 is 1. The monoisotopic (exact) mass is 230 g/mol. The fourth-order valence-electron chi connectivity index (χ4n) is 1.66. The van der Waals surface area contributed by atoms with Crippen LogP contribution >= 0.6 is 0 Å². The van der Waals surface area contributed by atoms with Gasteiger partial charge in [-0.25, -0.2) is 4.79 Å². The van der Waals surface area contributed by atoms with Gasteiger partial charge in [0.2, 0.25) is 0 Å². The van der Waals surface area contributed by atoms with Gasteiger partial charge in [0.25, 0.3) is 0 Å². The molecule has 0 saturated heterocycles. The van der Waals surface area contributed by atoms with E-state index >= 15 is 0 Å². The van der Waals surface area contributed by atoms with Gasteiger partial charge < -0.3 is 19.7 Å². The van der Waals surface area contributed by atoms with Crippen LogP contribution in [0.1, 0.15) is 26.2 Å². The molecule has 0 aromatic carbocycles. The second-order valence-corrected chi connectivity index (χ2v) is 3.84. The van der Waals surface area contributed by atoms with Crippen LogP contribution in [-0.4, -0.2) is 41.6 Å². The zero-order valence-electron chi connectivity index (χ0n) is 9.55. The molecule has 0 unspecified atom stereocenters. The summed E-state index contributed by atoms with van der Waals surface area (Å²) in [4.78, 5) is 11.2. The quantitative estimate of drug-likeness (QED) is 0.667. The molecule has 3 atom stereocenters. The molecule has 0 amide bonds. The van der Waals surface area contributed by atoms with E-state index in [1.807, 2.05) is 6.92 Å². The maximum absolute atomic E-state index is 11.2. The van der Waals surface area contributed by atoms with Crippen LogP contribution in [0.5, 0.6) is 0 Å². The van der Waals surface area contributed by atoms with E-state index in [1.165, 1.54) is 13.2 Å². The average Bonchev–Trinajstić information content (AvgIpc) is 2.27. The Kier molecular flexibility index (Phi) is 4.76. The maximum Gasteiger partial charge on any atom is 0.334 e. The number of carbonyl (C=O) groups excluding carboxylic acids is 1. The first-order valence-electron chi connectivity index (χ1n) is 5.39. The van der Waals surface area contributed by atoms with Crippen molar-refractivity contribution in [2.75, 3.05) is 7.11 Å². The molecule has 0 radical (unpaired) electrons. The lowest BCUT2D eigenvalue weighted by Gasteiger charge is -2.29. The Hall–Kier alpha value is -1.07. The zero-order valence-corrected chi connectivity index (χ0v) is 9.55.